The van der Waals surface area contributed by atoms with E-state index in [1.54, 1.807) is 0 Å². The first-order valence-corrected chi connectivity index (χ1v) is 8.99. The minimum atomic E-state index is 0. The Bertz CT molecular complexity index is 558. The average Bonchev–Trinajstić information content (AvgIpc) is 3.00. The highest BCUT2D eigenvalue weighted by Crippen LogP contribution is 2.27. The van der Waals surface area contributed by atoms with Gasteiger partial charge in [-0.25, -0.2) is 0 Å². The van der Waals surface area contributed by atoms with Crippen LogP contribution in [0, 0.1) is 5.92 Å². The van der Waals surface area contributed by atoms with Crippen molar-refractivity contribution in [2.24, 2.45) is 10.9 Å². The molecule has 0 saturated carbocycles. The van der Waals surface area contributed by atoms with Crippen molar-refractivity contribution in [3.05, 3.63) is 29.8 Å². The van der Waals surface area contributed by atoms with Crippen molar-refractivity contribution < 1.29 is 0 Å². The molecule has 0 spiro atoms. The minimum absolute atomic E-state index is 0. The van der Waals surface area contributed by atoms with E-state index < -0.39 is 0 Å². The fraction of sp³-hybridized carbons (Fsp3) is 0.632. The summed E-state index contributed by atoms with van der Waals surface area (Å²) in [6.07, 6.45) is 3.75. The van der Waals surface area contributed by atoms with Crippen LogP contribution in [0.2, 0.25) is 0 Å². The summed E-state index contributed by atoms with van der Waals surface area (Å²) in [6, 6.07) is 9.33. The van der Waals surface area contributed by atoms with Gasteiger partial charge in [-0.2, -0.15) is 0 Å². The molecule has 4 nitrogen and oxygen atoms in total. The van der Waals surface area contributed by atoms with E-state index in [1.807, 2.05) is 7.05 Å². The van der Waals surface area contributed by atoms with Crippen LogP contribution in [-0.2, 0) is 6.42 Å². The quantitative estimate of drug-likeness (QED) is 0.443. The molecule has 0 amide bonds. The molecule has 2 aliphatic rings. The van der Waals surface area contributed by atoms with Crippen molar-refractivity contribution in [3.63, 3.8) is 0 Å². The van der Waals surface area contributed by atoms with Gasteiger partial charge in [0, 0.05) is 38.4 Å². The van der Waals surface area contributed by atoms with Crippen LogP contribution in [0.15, 0.2) is 29.3 Å². The van der Waals surface area contributed by atoms with Crippen LogP contribution < -0.4 is 10.2 Å². The Morgan fingerprint density at radius 1 is 1.29 bits per heavy atom. The number of likely N-dealkylation sites (tertiary alicyclic amines) is 1. The van der Waals surface area contributed by atoms with Gasteiger partial charge in [0.25, 0.3) is 0 Å². The molecule has 5 heteroatoms. The summed E-state index contributed by atoms with van der Waals surface area (Å²) >= 11 is 0. The fourth-order valence-electron chi connectivity index (χ4n) is 3.82. The number of hydrogen-bond donors (Lipinski definition) is 1. The largest absolute Gasteiger partial charge is 0.356 e. The smallest absolute Gasteiger partial charge is 0.198 e. The van der Waals surface area contributed by atoms with E-state index in [9.17, 15) is 0 Å². The summed E-state index contributed by atoms with van der Waals surface area (Å²) < 4.78 is 0. The fourth-order valence-corrected chi connectivity index (χ4v) is 3.82. The zero-order valence-electron chi connectivity index (χ0n) is 15.2. The molecule has 0 bridgehead atoms. The summed E-state index contributed by atoms with van der Waals surface area (Å²) in [6.45, 7) is 9.11. The highest BCUT2D eigenvalue weighted by molar-refractivity contribution is 14.0. The van der Waals surface area contributed by atoms with E-state index in [1.165, 1.54) is 37.2 Å². The summed E-state index contributed by atoms with van der Waals surface area (Å²) in [4.78, 5) is 9.46. The van der Waals surface area contributed by atoms with E-state index in [-0.39, 0.29) is 24.0 Å². The predicted octanol–water partition coefficient (Wildman–Crippen LogP) is 3.36. The Hall–Kier alpha value is -0.820. The molecule has 0 radical (unpaired) electrons. The van der Waals surface area contributed by atoms with Crippen LogP contribution in [0.3, 0.4) is 0 Å². The number of guanidine groups is 1. The van der Waals surface area contributed by atoms with Crippen LogP contribution >= 0.6 is 24.0 Å². The highest BCUT2D eigenvalue weighted by Gasteiger charge is 2.25. The minimum Gasteiger partial charge on any atom is -0.356 e. The van der Waals surface area contributed by atoms with Gasteiger partial charge in [0.05, 0.1) is 0 Å². The molecule has 2 aliphatic heterocycles. The van der Waals surface area contributed by atoms with E-state index in [4.69, 9.17) is 0 Å². The van der Waals surface area contributed by atoms with E-state index in [0.29, 0.717) is 6.04 Å². The van der Waals surface area contributed by atoms with Crippen molar-refractivity contribution in [1.82, 2.24) is 10.2 Å². The first kappa shape index (κ1) is 19.5. The maximum atomic E-state index is 4.53. The van der Waals surface area contributed by atoms with Gasteiger partial charge in [-0.05, 0) is 57.2 Å². The highest BCUT2D eigenvalue weighted by atomic mass is 127. The number of rotatable bonds is 3. The zero-order chi connectivity index (χ0) is 16.2. The van der Waals surface area contributed by atoms with Crippen molar-refractivity contribution >= 4 is 35.6 Å². The molecule has 1 saturated heterocycles. The van der Waals surface area contributed by atoms with Crippen molar-refractivity contribution in [2.75, 3.05) is 38.1 Å². The molecule has 1 unspecified atom stereocenters. The third-order valence-corrected chi connectivity index (χ3v) is 5.18. The third kappa shape index (κ3) is 4.42. The second-order valence-electron chi connectivity index (χ2n) is 7.06. The third-order valence-electron chi connectivity index (χ3n) is 5.18. The standard InChI is InChI=1S/C19H30N4.HI/c1-15(2)22-11-6-7-16(14-22)13-21-19(20-3)23-12-10-17-8-4-5-9-18(17)23;/h4-5,8-9,15-16H,6-7,10-14H2,1-3H3,(H,20,21);1H. The van der Waals surface area contributed by atoms with Gasteiger partial charge in [-0.15, -0.1) is 24.0 Å². The molecule has 1 N–H and O–H groups in total. The number of anilines is 1. The van der Waals surface area contributed by atoms with Gasteiger partial charge in [-0.1, -0.05) is 18.2 Å². The molecule has 134 valence electrons. The number of halogens is 1. The first-order valence-electron chi connectivity index (χ1n) is 8.99. The van der Waals surface area contributed by atoms with Gasteiger partial charge in [0.2, 0.25) is 0 Å². The Morgan fingerprint density at radius 2 is 2.08 bits per heavy atom. The SMILES string of the molecule is CN=C(NCC1CCCN(C(C)C)C1)N1CCc2ccccc21.I. The maximum absolute atomic E-state index is 4.53. The van der Waals surface area contributed by atoms with E-state index in [2.05, 4.69) is 58.2 Å². The molecule has 2 heterocycles. The van der Waals surface area contributed by atoms with Crippen molar-refractivity contribution in [3.8, 4) is 0 Å². The lowest BCUT2D eigenvalue weighted by atomic mass is 9.97. The Morgan fingerprint density at radius 3 is 2.83 bits per heavy atom. The Labute approximate surface area is 163 Å². The van der Waals surface area contributed by atoms with Crippen molar-refractivity contribution in [2.45, 2.75) is 39.2 Å². The molecule has 1 fully saturated rings. The van der Waals surface area contributed by atoms with Crippen LogP contribution in [0.5, 0.6) is 0 Å². The molecule has 0 aromatic heterocycles. The molecular formula is C19H31IN4. The lowest BCUT2D eigenvalue weighted by Gasteiger charge is -2.36. The molecule has 3 rings (SSSR count). The van der Waals surface area contributed by atoms with E-state index in [0.717, 1.165) is 31.4 Å². The van der Waals surface area contributed by atoms with Gasteiger partial charge < -0.3 is 15.1 Å². The number of aliphatic imine (C=N–C) groups is 1. The first-order chi connectivity index (χ1) is 11.2. The van der Waals surface area contributed by atoms with Crippen LogP contribution in [0.25, 0.3) is 0 Å². The predicted molar refractivity (Wildman–Crippen MR) is 114 cm³/mol. The molecular weight excluding hydrogens is 411 g/mol. The van der Waals surface area contributed by atoms with Crippen LogP contribution in [-0.4, -0.2) is 50.1 Å². The molecule has 1 atom stereocenters. The number of para-hydroxylation sites is 1. The van der Waals surface area contributed by atoms with Crippen LogP contribution in [0.1, 0.15) is 32.3 Å². The van der Waals surface area contributed by atoms with Gasteiger partial charge in [-0.3, -0.25) is 4.99 Å². The molecule has 24 heavy (non-hydrogen) atoms. The Kier molecular flexibility index (Phi) is 7.34. The van der Waals surface area contributed by atoms with Gasteiger partial charge >= 0.3 is 0 Å². The maximum Gasteiger partial charge on any atom is 0.198 e. The second-order valence-corrected chi connectivity index (χ2v) is 7.06. The lowest BCUT2D eigenvalue weighted by Crippen LogP contribution is -2.47. The number of nitrogens with zero attached hydrogens (tertiary/aromatic N) is 3. The zero-order valence-corrected chi connectivity index (χ0v) is 17.5. The van der Waals surface area contributed by atoms with Crippen molar-refractivity contribution in [1.29, 1.82) is 0 Å². The number of fused-ring (bicyclic) bond motifs is 1. The molecule has 1 aromatic carbocycles. The average molecular weight is 442 g/mol. The van der Waals surface area contributed by atoms with Crippen LogP contribution in [0.4, 0.5) is 5.69 Å². The van der Waals surface area contributed by atoms with Gasteiger partial charge in [0.1, 0.15) is 0 Å². The number of piperidine rings is 1. The summed E-state index contributed by atoms with van der Waals surface area (Å²) in [7, 11) is 1.89. The Balaban J connectivity index is 0.00000208. The van der Waals surface area contributed by atoms with Gasteiger partial charge in [0.15, 0.2) is 5.96 Å². The monoisotopic (exact) mass is 442 g/mol. The molecule has 1 aromatic rings. The molecule has 0 aliphatic carbocycles. The lowest BCUT2D eigenvalue weighted by molar-refractivity contribution is 0.141. The second kappa shape index (κ2) is 9.04. The summed E-state index contributed by atoms with van der Waals surface area (Å²) in [5.74, 6) is 1.75. The number of nitrogens with one attached hydrogen (secondary N) is 1. The summed E-state index contributed by atoms with van der Waals surface area (Å²) in [5, 5.41) is 3.63. The topological polar surface area (TPSA) is 30.9 Å². The van der Waals surface area contributed by atoms with E-state index >= 15 is 0 Å². The summed E-state index contributed by atoms with van der Waals surface area (Å²) in [5.41, 5.74) is 2.74. The number of benzene rings is 1. The number of hydrogen-bond acceptors (Lipinski definition) is 2. The normalized spacial score (nSPS) is 21.6.